The Morgan fingerprint density at radius 2 is 1.96 bits per heavy atom. The van der Waals surface area contributed by atoms with Gasteiger partial charge in [0.1, 0.15) is 11.4 Å². The molecule has 1 aromatic carbocycles. The van der Waals surface area contributed by atoms with Crippen molar-refractivity contribution < 1.29 is 27.4 Å². The van der Waals surface area contributed by atoms with Gasteiger partial charge in [0, 0.05) is 12.3 Å². The Hall–Kier alpha value is -1.76. The molecule has 1 aliphatic rings. The first kappa shape index (κ1) is 18.6. The summed E-state index contributed by atoms with van der Waals surface area (Å²) in [4.78, 5) is 12.6. The van der Waals surface area contributed by atoms with Gasteiger partial charge in [0.2, 0.25) is 0 Å². The number of methoxy groups -OCH3 is 1. The number of carbonyl (C=O) groups excluding carboxylic acids is 1. The zero-order valence-electron chi connectivity index (χ0n) is 13.8. The minimum atomic E-state index is -4.56. The van der Waals surface area contributed by atoms with Crippen LogP contribution in [0.1, 0.15) is 44.6 Å². The van der Waals surface area contributed by atoms with Gasteiger partial charge in [-0.3, -0.25) is 4.79 Å². The molecule has 1 amide bonds. The third-order valence-electron chi connectivity index (χ3n) is 4.17. The van der Waals surface area contributed by atoms with E-state index in [0.717, 1.165) is 25.3 Å². The maximum absolute atomic E-state index is 13.1. The molecule has 1 aromatic rings. The van der Waals surface area contributed by atoms with Gasteiger partial charge in [0.25, 0.3) is 5.91 Å². The van der Waals surface area contributed by atoms with Crippen molar-refractivity contribution in [3.63, 3.8) is 0 Å². The number of hydrogen-bond acceptors (Lipinski definition) is 3. The summed E-state index contributed by atoms with van der Waals surface area (Å²) in [5.41, 5.74) is -1.77. The molecule has 1 N–H and O–H groups in total. The molecule has 0 aliphatic heterocycles. The molecule has 0 heterocycles. The highest BCUT2D eigenvalue weighted by Crippen LogP contribution is 2.39. The molecule has 1 fully saturated rings. The average Bonchev–Trinajstić information content (AvgIpc) is 3.02. The van der Waals surface area contributed by atoms with Crippen LogP contribution in [0.3, 0.4) is 0 Å². The van der Waals surface area contributed by atoms with Gasteiger partial charge in [-0.1, -0.05) is 6.92 Å². The second-order valence-corrected chi connectivity index (χ2v) is 5.92. The first-order valence-corrected chi connectivity index (χ1v) is 8.03. The first-order chi connectivity index (χ1) is 11.3. The third-order valence-corrected chi connectivity index (χ3v) is 4.17. The largest absolute Gasteiger partial charge is 0.496 e. The van der Waals surface area contributed by atoms with E-state index in [0.29, 0.717) is 19.4 Å². The highest BCUT2D eigenvalue weighted by molar-refractivity contribution is 5.97. The summed E-state index contributed by atoms with van der Waals surface area (Å²) in [6, 6.07) is 3.49. The highest BCUT2D eigenvalue weighted by atomic mass is 19.4. The van der Waals surface area contributed by atoms with E-state index < -0.39 is 17.3 Å². The number of amides is 1. The smallest absolute Gasteiger partial charge is 0.420 e. The van der Waals surface area contributed by atoms with E-state index in [-0.39, 0.29) is 17.3 Å². The van der Waals surface area contributed by atoms with Crippen molar-refractivity contribution >= 4 is 11.6 Å². The van der Waals surface area contributed by atoms with Crippen LogP contribution in [0.15, 0.2) is 18.2 Å². The zero-order chi connectivity index (χ0) is 17.8. The number of carbonyl (C=O) groups is 1. The number of rotatable bonds is 6. The molecule has 4 nitrogen and oxygen atoms in total. The van der Waals surface area contributed by atoms with Gasteiger partial charge < -0.3 is 14.8 Å². The van der Waals surface area contributed by atoms with Crippen LogP contribution >= 0.6 is 0 Å². The summed E-state index contributed by atoms with van der Waals surface area (Å²) < 4.78 is 49.7. The summed E-state index contributed by atoms with van der Waals surface area (Å²) in [5.74, 6) is -0.662. The standard InChI is InChI=1S/C17H22F3NO3/c1-3-10-24-16(8-4-5-9-16)15(22)21-12-6-7-14(23-2)13(11-12)17(18,19)20/h6-7,11H,3-5,8-10H2,1-2H3,(H,21,22). The van der Waals surface area contributed by atoms with Crippen molar-refractivity contribution in [2.24, 2.45) is 0 Å². The van der Waals surface area contributed by atoms with Crippen LogP contribution in [-0.4, -0.2) is 25.2 Å². The SMILES string of the molecule is CCCOC1(C(=O)Nc2ccc(OC)c(C(F)(F)F)c2)CCCC1. The number of anilines is 1. The molecule has 2 rings (SSSR count). The van der Waals surface area contributed by atoms with Crippen molar-refractivity contribution in [2.75, 3.05) is 19.0 Å². The molecule has 0 radical (unpaired) electrons. The zero-order valence-corrected chi connectivity index (χ0v) is 13.8. The fourth-order valence-electron chi connectivity index (χ4n) is 2.93. The van der Waals surface area contributed by atoms with Crippen LogP contribution in [-0.2, 0) is 15.7 Å². The Balaban J connectivity index is 2.22. The maximum Gasteiger partial charge on any atom is 0.420 e. The molecular weight excluding hydrogens is 323 g/mol. The molecule has 0 spiro atoms. The Bertz CT molecular complexity index is 581. The van der Waals surface area contributed by atoms with Crippen LogP contribution < -0.4 is 10.1 Å². The van der Waals surface area contributed by atoms with Crippen molar-refractivity contribution in [1.29, 1.82) is 0 Å². The quantitative estimate of drug-likeness (QED) is 0.832. The van der Waals surface area contributed by atoms with Crippen LogP contribution in [0.2, 0.25) is 0 Å². The average molecular weight is 345 g/mol. The fraction of sp³-hybridized carbons (Fsp3) is 0.588. The lowest BCUT2D eigenvalue weighted by atomic mass is 10.0. The third kappa shape index (κ3) is 4.01. The van der Waals surface area contributed by atoms with E-state index in [2.05, 4.69) is 5.32 Å². The lowest BCUT2D eigenvalue weighted by Crippen LogP contribution is -2.43. The van der Waals surface area contributed by atoms with Gasteiger partial charge in [-0.15, -0.1) is 0 Å². The number of nitrogens with one attached hydrogen (secondary N) is 1. The monoisotopic (exact) mass is 345 g/mol. The van der Waals surface area contributed by atoms with Gasteiger partial charge in [-0.2, -0.15) is 13.2 Å². The second-order valence-electron chi connectivity index (χ2n) is 5.92. The lowest BCUT2D eigenvalue weighted by Gasteiger charge is -2.28. The molecule has 134 valence electrons. The minimum absolute atomic E-state index is 0.0829. The van der Waals surface area contributed by atoms with Gasteiger partial charge in [0.05, 0.1) is 12.7 Å². The minimum Gasteiger partial charge on any atom is -0.496 e. The Kier molecular flexibility index (Phi) is 5.74. The first-order valence-electron chi connectivity index (χ1n) is 8.03. The summed E-state index contributed by atoms with van der Waals surface area (Å²) in [6.07, 6.45) is -0.880. The normalized spacial score (nSPS) is 16.9. The van der Waals surface area contributed by atoms with E-state index in [4.69, 9.17) is 9.47 Å². The molecular formula is C17H22F3NO3. The summed E-state index contributed by atoms with van der Waals surface area (Å²) in [7, 11) is 1.18. The Labute approximate surface area is 139 Å². The van der Waals surface area contributed by atoms with Crippen molar-refractivity contribution in [2.45, 2.75) is 50.8 Å². The van der Waals surface area contributed by atoms with Crippen molar-refractivity contribution in [3.8, 4) is 5.75 Å². The van der Waals surface area contributed by atoms with Crippen molar-refractivity contribution in [1.82, 2.24) is 0 Å². The molecule has 0 aromatic heterocycles. The predicted molar refractivity (Wildman–Crippen MR) is 84.1 cm³/mol. The predicted octanol–water partition coefficient (Wildman–Crippen LogP) is 4.39. The van der Waals surface area contributed by atoms with Crippen LogP contribution in [0.25, 0.3) is 0 Å². The van der Waals surface area contributed by atoms with Gasteiger partial charge >= 0.3 is 6.18 Å². The van der Waals surface area contributed by atoms with E-state index in [1.807, 2.05) is 6.92 Å². The number of halogens is 3. The highest BCUT2D eigenvalue weighted by Gasteiger charge is 2.42. The molecule has 0 unspecified atom stereocenters. The molecule has 24 heavy (non-hydrogen) atoms. The Morgan fingerprint density at radius 1 is 1.29 bits per heavy atom. The molecule has 1 aliphatic carbocycles. The van der Waals surface area contributed by atoms with E-state index in [9.17, 15) is 18.0 Å². The van der Waals surface area contributed by atoms with Gasteiger partial charge in [-0.25, -0.2) is 0 Å². The maximum atomic E-state index is 13.1. The van der Waals surface area contributed by atoms with Crippen LogP contribution in [0.4, 0.5) is 18.9 Å². The number of hydrogen-bond donors (Lipinski definition) is 1. The van der Waals surface area contributed by atoms with Crippen molar-refractivity contribution in [3.05, 3.63) is 23.8 Å². The number of ether oxygens (including phenoxy) is 2. The number of alkyl halides is 3. The molecule has 0 bridgehead atoms. The summed E-state index contributed by atoms with van der Waals surface area (Å²) in [5, 5.41) is 2.58. The van der Waals surface area contributed by atoms with Gasteiger partial charge in [0.15, 0.2) is 0 Å². The lowest BCUT2D eigenvalue weighted by molar-refractivity contribution is -0.141. The summed E-state index contributed by atoms with van der Waals surface area (Å²) in [6.45, 7) is 2.39. The van der Waals surface area contributed by atoms with Crippen LogP contribution in [0.5, 0.6) is 5.75 Å². The topological polar surface area (TPSA) is 47.6 Å². The van der Waals surface area contributed by atoms with E-state index in [1.54, 1.807) is 0 Å². The molecule has 1 saturated carbocycles. The molecule has 0 atom stereocenters. The Morgan fingerprint density at radius 3 is 2.50 bits per heavy atom. The molecule has 7 heteroatoms. The van der Waals surface area contributed by atoms with E-state index in [1.165, 1.54) is 19.2 Å². The van der Waals surface area contributed by atoms with E-state index >= 15 is 0 Å². The van der Waals surface area contributed by atoms with Gasteiger partial charge in [-0.05, 0) is 50.3 Å². The summed E-state index contributed by atoms with van der Waals surface area (Å²) >= 11 is 0. The van der Waals surface area contributed by atoms with Crippen LogP contribution in [0, 0.1) is 0 Å². The number of benzene rings is 1. The molecule has 0 saturated heterocycles. The second kappa shape index (κ2) is 7.42. The fourth-order valence-corrected chi connectivity index (χ4v) is 2.93.